The second-order valence-electron chi connectivity index (χ2n) is 8.99. The number of aliphatic hydroxyl groups excluding tert-OH is 1. The van der Waals surface area contributed by atoms with Gasteiger partial charge in [0.1, 0.15) is 24.2 Å². The van der Waals surface area contributed by atoms with E-state index in [0.717, 1.165) is 47.8 Å². The number of fused-ring (bicyclic) bond motifs is 1. The highest BCUT2D eigenvalue weighted by Crippen LogP contribution is 2.22. The Morgan fingerprint density at radius 3 is 2.43 bits per heavy atom. The average molecular weight is 470 g/mol. The van der Waals surface area contributed by atoms with Gasteiger partial charge in [-0.3, -0.25) is 9.58 Å². The van der Waals surface area contributed by atoms with Gasteiger partial charge in [0.25, 0.3) is 0 Å². The Bertz CT molecular complexity index is 1230. The van der Waals surface area contributed by atoms with Crippen molar-refractivity contribution >= 4 is 0 Å². The number of aliphatic hydroxyl groups is 1. The van der Waals surface area contributed by atoms with E-state index in [1.54, 1.807) is 7.11 Å². The first-order valence-corrected chi connectivity index (χ1v) is 12.0. The number of ether oxygens (including phenoxy) is 2. The van der Waals surface area contributed by atoms with Crippen LogP contribution in [0.3, 0.4) is 0 Å². The van der Waals surface area contributed by atoms with E-state index in [9.17, 15) is 5.11 Å². The second kappa shape index (κ2) is 10.8. The highest BCUT2D eigenvalue weighted by molar-refractivity contribution is 5.59. The van der Waals surface area contributed by atoms with E-state index in [2.05, 4.69) is 29.2 Å². The number of rotatable bonds is 9. The second-order valence-corrected chi connectivity index (χ2v) is 8.99. The Hall–Kier alpha value is -3.61. The van der Waals surface area contributed by atoms with Crippen LogP contribution in [0.25, 0.3) is 11.3 Å². The van der Waals surface area contributed by atoms with Gasteiger partial charge in [0.2, 0.25) is 0 Å². The van der Waals surface area contributed by atoms with E-state index in [0.29, 0.717) is 13.1 Å². The summed E-state index contributed by atoms with van der Waals surface area (Å²) >= 11 is 0. The number of hydrogen-bond donors (Lipinski definition) is 1. The molecule has 0 spiro atoms. The molecular weight excluding hydrogens is 438 g/mol. The van der Waals surface area contributed by atoms with Crippen LogP contribution in [0.2, 0.25) is 0 Å². The van der Waals surface area contributed by atoms with Crippen LogP contribution >= 0.6 is 0 Å². The van der Waals surface area contributed by atoms with Crippen molar-refractivity contribution in [1.82, 2.24) is 14.7 Å². The molecule has 1 atom stereocenters. The third-order valence-corrected chi connectivity index (χ3v) is 6.42. The predicted molar refractivity (Wildman–Crippen MR) is 137 cm³/mol. The predicted octanol–water partition coefficient (Wildman–Crippen LogP) is 4.41. The number of methoxy groups -OCH3 is 1. The number of hydrogen-bond acceptors (Lipinski definition) is 5. The molecule has 6 heteroatoms. The fourth-order valence-electron chi connectivity index (χ4n) is 4.50. The minimum Gasteiger partial charge on any atom is -0.497 e. The Labute approximate surface area is 206 Å². The summed E-state index contributed by atoms with van der Waals surface area (Å²) in [7, 11) is 1.67. The van der Waals surface area contributed by atoms with Crippen LogP contribution in [0.5, 0.6) is 11.5 Å². The molecule has 1 N–H and O–H groups in total. The quantitative estimate of drug-likeness (QED) is 0.394. The first-order chi connectivity index (χ1) is 17.2. The SMILES string of the molecule is COc1ccc(Cn2ccc(-c3ccc(OC[C@H](O)CN4CCc5ccccc5C4)cc3)n2)cc1. The van der Waals surface area contributed by atoms with E-state index < -0.39 is 6.10 Å². The first kappa shape index (κ1) is 23.1. The lowest BCUT2D eigenvalue weighted by atomic mass is 10.00. The molecule has 180 valence electrons. The molecule has 6 nitrogen and oxygen atoms in total. The smallest absolute Gasteiger partial charge is 0.119 e. The van der Waals surface area contributed by atoms with Gasteiger partial charge in [-0.1, -0.05) is 36.4 Å². The molecule has 0 saturated carbocycles. The van der Waals surface area contributed by atoms with Gasteiger partial charge in [0.15, 0.2) is 0 Å². The summed E-state index contributed by atoms with van der Waals surface area (Å²) in [5, 5.41) is 15.2. The van der Waals surface area contributed by atoms with Crippen molar-refractivity contribution in [2.24, 2.45) is 0 Å². The molecule has 5 rings (SSSR count). The van der Waals surface area contributed by atoms with Crippen LogP contribution in [0.4, 0.5) is 0 Å². The molecular formula is C29H31N3O3. The Kier molecular flexibility index (Phi) is 7.12. The van der Waals surface area contributed by atoms with Crippen LogP contribution in [-0.4, -0.2) is 52.7 Å². The zero-order chi connectivity index (χ0) is 24.0. The number of β-amino-alcohol motifs (C(OH)–C–C–N with tert-alkyl or cyclic N) is 1. The van der Waals surface area contributed by atoms with Crippen LogP contribution in [0.15, 0.2) is 85.1 Å². The molecule has 1 aliphatic rings. The highest BCUT2D eigenvalue weighted by atomic mass is 16.5. The van der Waals surface area contributed by atoms with Gasteiger partial charge in [-0.15, -0.1) is 0 Å². The molecule has 0 unspecified atom stereocenters. The lowest BCUT2D eigenvalue weighted by molar-refractivity contribution is 0.0638. The van der Waals surface area contributed by atoms with Crippen molar-refractivity contribution in [3.8, 4) is 22.8 Å². The molecule has 4 aromatic rings. The topological polar surface area (TPSA) is 59.8 Å². The van der Waals surface area contributed by atoms with Gasteiger partial charge in [-0.25, -0.2) is 0 Å². The minimum absolute atomic E-state index is 0.272. The van der Waals surface area contributed by atoms with Gasteiger partial charge in [-0.2, -0.15) is 5.10 Å². The summed E-state index contributed by atoms with van der Waals surface area (Å²) in [6.07, 6.45) is 2.48. The lowest BCUT2D eigenvalue weighted by Gasteiger charge is -2.30. The molecule has 0 aliphatic carbocycles. The highest BCUT2D eigenvalue weighted by Gasteiger charge is 2.18. The summed E-state index contributed by atoms with van der Waals surface area (Å²) < 4.78 is 13.0. The van der Waals surface area contributed by atoms with E-state index in [-0.39, 0.29) is 6.61 Å². The van der Waals surface area contributed by atoms with Crippen LogP contribution in [0.1, 0.15) is 16.7 Å². The third-order valence-electron chi connectivity index (χ3n) is 6.42. The summed E-state index contributed by atoms with van der Waals surface area (Å²) in [5.74, 6) is 1.59. The Morgan fingerprint density at radius 2 is 1.66 bits per heavy atom. The van der Waals surface area contributed by atoms with Crippen LogP contribution in [0, 0.1) is 0 Å². The molecule has 0 amide bonds. The standard InChI is InChI=1S/C29H31N3O3/c1-34-27-10-6-22(7-11-27)18-32-17-15-29(30-32)24-8-12-28(13-9-24)35-21-26(33)20-31-16-14-23-4-2-3-5-25(23)19-31/h2-13,15,17,26,33H,14,16,18-21H2,1H3/t26-/m1/s1. The maximum Gasteiger partial charge on any atom is 0.119 e. The number of benzene rings is 3. The van der Waals surface area contributed by atoms with Crippen molar-refractivity contribution in [3.63, 3.8) is 0 Å². The molecule has 2 heterocycles. The molecule has 0 fully saturated rings. The van der Waals surface area contributed by atoms with Gasteiger partial charge >= 0.3 is 0 Å². The minimum atomic E-state index is -0.534. The molecule has 35 heavy (non-hydrogen) atoms. The fourth-order valence-corrected chi connectivity index (χ4v) is 4.50. The van der Waals surface area contributed by atoms with Gasteiger partial charge in [0, 0.05) is 31.4 Å². The molecule has 0 radical (unpaired) electrons. The molecule has 1 aromatic heterocycles. The van der Waals surface area contributed by atoms with Crippen molar-refractivity contribution in [1.29, 1.82) is 0 Å². The summed E-state index contributed by atoms with van der Waals surface area (Å²) in [6.45, 7) is 3.43. The normalized spacial score (nSPS) is 14.3. The van der Waals surface area contributed by atoms with E-state index in [1.165, 1.54) is 11.1 Å². The number of aromatic nitrogens is 2. The van der Waals surface area contributed by atoms with E-state index >= 15 is 0 Å². The summed E-state index contributed by atoms with van der Waals surface area (Å²) in [5.41, 5.74) is 5.87. The van der Waals surface area contributed by atoms with Crippen molar-refractivity contribution in [2.45, 2.75) is 25.6 Å². The fraction of sp³-hybridized carbons (Fsp3) is 0.276. The zero-order valence-electron chi connectivity index (χ0n) is 20.0. The van der Waals surface area contributed by atoms with E-state index in [4.69, 9.17) is 14.6 Å². The Balaban J connectivity index is 1.11. The van der Waals surface area contributed by atoms with Gasteiger partial charge in [0.05, 0.1) is 19.3 Å². The van der Waals surface area contributed by atoms with Crippen molar-refractivity contribution in [3.05, 3.63) is 102 Å². The zero-order valence-corrected chi connectivity index (χ0v) is 20.0. The maximum absolute atomic E-state index is 10.5. The Morgan fingerprint density at radius 1 is 0.914 bits per heavy atom. The summed E-state index contributed by atoms with van der Waals surface area (Å²) in [6, 6.07) is 26.4. The molecule has 0 bridgehead atoms. The molecule has 0 saturated heterocycles. The summed E-state index contributed by atoms with van der Waals surface area (Å²) in [4.78, 5) is 2.29. The lowest BCUT2D eigenvalue weighted by Crippen LogP contribution is -2.38. The van der Waals surface area contributed by atoms with Crippen LogP contribution < -0.4 is 9.47 Å². The van der Waals surface area contributed by atoms with Crippen molar-refractivity contribution < 1.29 is 14.6 Å². The van der Waals surface area contributed by atoms with E-state index in [1.807, 2.05) is 65.5 Å². The van der Waals surface area contributed by atoms with Gasteiger partial charge in [-0.05, 0) is 65.6 Å². The largest absolute Gasteiger partial charge is 0.497 e. The first-order valence-electron chi connectivity index (χ1n) is 12.0. The van der Waals surface area contributed by atoms with Gasteiger partial charge < -0.3 is 14.6 Å². The number of nitrogens with zero attached hydrogens (tertiary/aromatic N) is 3. The molecule has 1 aliphatic heterocycles. The molecule has 3 aromatic carbocycles. The van der Waals surface area contributed by atoms with Crippen molar-refractivity contribution in [2.75, 3.05) is 26.8 Å². The monoisotopic (exact) mass is 469 g/mol. The van der Waals surface area contributed by atoms with Crippen LogP contribution in [-0.2, 0) is 19.5 Å². The average Bonchev–Trinajstić information content (AvgIpc) is 3.36. The maximum atomic E-state index is 10.5. The third kappa shape index (κ3) is 5.91.